The van der Waals surface area contributed by atoms with Gasteiger partial charge in [0.2, 0.25) is 0 Å². The van der Waals surface area contributed by atoms with Gasteiger partial charge in [-0.1, -0.05) is 41.6 Å². The van der Waals surface area contributed by atoms with E-state index in [0.717, 1.165) is 23.4 Å². The molecule has 0 aliphatic carbocycles. The normalized spacial score (nSPS) is 12.7. The Morgan fingerprint density at radius 3 is 2.83 bits per heavy atom. The van der Waals surface area contributed by atoms with Crippen LogP contribution >= 0.6 is 11.5 Å². The lowest BCUT2D eigenvalue weighted by atomic mass is 9.97. The zero-order chi connectivity index (χ0) is 13.1. The van der Waals surface area contributed by atoms with Gasteiger partial charge in [0.05, 0.1) is 16.6 Å². The lowest BCUT2D eigenvalue weighted by Gasteiger charge is -2.14. The van der Waals surface area contributed by atoms with Crippen molar-refractivity contribution in [3.63, 3.8) is 0 Å². The van der Waals surface area contributed by atoms with Gasteiger partial charge in [0.15, 0.2) is 0 Å². The molecule has 2 rings (SSSR count). The van der Waals surface area contributed by atoms with Crippen LogP contribution in [0, 0.1) is 13.8 Å². The standard InChI is InChI=1S/C14H19N3S/c1-4-5-12-14(18-17-16-12)13(15)11-8-9(2)6-7-10(11)3/h6-8,13H,4-5,15H2,1-3H3. The molecule has 0 amide bonds. The van der Waals surface area contributed by atoms with Crippen LogP contribution in [0.15, 0.2) is 18.2 Å². The van der Waals surface area contributed by atoms with Crippen LogP contribution < -0.4 is 5.73 Å². The molecular formula is C14H19N3S. The van der Waals surface area contributed by atoms with E-state index in [1.165, 1.54) is 28.2 Å². The predicted octanol–water partition coefficient (Wildman–Crippen LogP) is 3.16. The van der Waals surface area contributed by atoms with Gasteiger partial charge in [-0.05, 0) is 42.9 Å². The molecule has 2 N–H and O–H groups in total. The number of aryl methyl sites for hydroxylation is 3. The van der Waals surface area contributed by atoms with E-state index in [-0.39, 0.29) is 6.04 Å². The van der Waals surface area contributed by atoms with E-state index in [1.807, 2.05) is 0 Å². The number of aromatic nitrogens is 2. The zero-order valence-corrected chi connectivity index (χ0v) is 11.9. The Kier molecular flexibility index (Phi) is 4.09. The van der Waals surface area contributed by atoms with Crippen LogP contribution in [0.1, 0.15) is 46.6 Å². The number of hydrogen-bond acceptors (Lipinski definition) is 4. The van der Waals surface area contributed by atoms with Crippen LogP contribution in [0.25, 0.3) is 0 Å². The highest BCUT2D eigenvalue weighted by Gasteiger charge is 2.18. The SMILES string of the molecule is CCCc1nnsc1C(N)c1cc(C)ccc1C. The van der Waals surface area contributed by atoms with Crippen LogP contribution in [0.4, 0.5) is 0 Å². The fourth-order valence-corrected chi connectivity index (χ4v) is 2.81. The Morgan fingerprint density at radius 2 is 2.11 bits per heavy atom. The first-order chi connectivity index (χ1) is 8.63. The number of hydrogen-bond donors (Lipinski definition) is 1. The van der Waals surface area contributed by atoms with Gasteiger partial charge in [-0.25, -0.2) is 0 Å². The second-order valence-electron chi connectivity index (χ2n) is 4.67. The highest BCUT2D eigenvalue weighted by molar-refractivity contribution is 7.05. The molecule has 0 aliphatic heterocycles. The quantitative estimate of drug-likeness (QED) is 0.919. The Hall–Kier alpha value is -1.26. The lowest BCUT2D eigenvalue weighted by molar-refractivity contribution is 0.810. The molecular weight excluding hydrogens is 242 g/mol. The molecule has 3 nitrogen and oxygen atoms in total. The van der Waals surface area contributed by atoms with Gasteiger partial charge >= 0.3 is 0 Å². The first-order valence-electron chi connectivity index (χ1n) is 6.27. The largest absolute Gasteiger partial charge is 0.319 e. The lowest BCUT2D eigenvalue weighted by Crippen LogP contribution is -2.14. The molecule has 2 aromatic rings. The summed E-state index contributed by atoms with van der Waals surface area (Å²) in [4.78, 5) is 1.10. The molecule has 18 heavy (non-hydrogen) atoms. The average molecular weight is 261 g/mol. The van der Waals surface area contributed by atoms with E-state index in [1.54, 1.807) is 0 Å². The Labute approximate surface area is 112 Å². The van der Waals surface area contributed by atoms with E-state index in [9.17, 15) is 0 Å². The summed E-state index contributed by atoms with van der Waals surface area (Å²) in [5.41, 5.74) is 11.1. The molecule has 0 aliphatic rings. The van der Waals surface area contributed by atoms with Crippen molar-refractivity contribution in [2.45, 2.75) is 39.7 Å². The van der Waals surface area contributed by atoms with Gasteiger partial charge < -0.3 is 5.73 Å². The average Bonchev–Trinajstić information content (AvgIpc) is 2.80. The fourth-order valence-electron chi connectivity index (χ4n) is 2.10. The molecule has 1 aromatic heterocycles. The van der Waals surface area contributed by atoms with E-state index in [0.29, 0.717) is 0 Å². The van der Waals surface area contributed by atoms with E-state index in [4.69, 9.17) is 5.73 Å². The third-order valence-corrected chi connectivity index (χ3v) is 3.97. The molecule has 0 radical (unpaired) electrons. The molecule has 1 atom stereocenters. The minimum atomic E-state index is -0.105. The topological polar surface area (TPSA) is 51.8 Å². The number of rotatable bonds is 4. The molecule has 0 bridgehead atoms. The third-order valence-electron chi connectivity index (χ3n) is 3.12. The van der Waals surface area contributed by atoms with Crippen molar-refractivity contribution < 1.29 is 0 Å². The van der Waals surface area contributed by atoms with E-state index >= 15 is 0 Å². The highest BCUT2D eigenvalue weighted by atomic mass is 32.1. The van der Waals surface area contributed by atoms with Crippen LogP contribution in [0.3, 0.4) is 0 Å². The number of nitrogens with two attached hydrogens (primary N) is 1. The summed E-state index contributed by atoms with van der Waals surface area (Å²) in [6.07, 6.45) is 2.02. The molecule has 0 saturated heterocycles. The van der Waals surface area contributed by atoms with E-state index in [2.05, 4.69) is 48.6 Å². The molecule has 1 aromatic carbocycles. The molecule has 4 heteroatoms. The Morgan fingerprint density at radius 1 is 1.33 bits per heavy atom. The second kappa shape index (κ2) is 5.59. The summed E-state index contributed by atoms with van der Waals surface area (Å²) >= 11 is 1.42. The summed E-state index contributed by atoms with van der Waals surface area (Å²) in [6.45, 7) is 6.34. The van der Waals surface area contributed by atoms with Crippen LogP contribution in [0.5, 0.6) is 0 Å². The number of nitrogens with zero attached hydrogens (tertiary/aromatic N) is 2. The zero-order valence-electron chi connectivity index (χ0n) is 11.1. The van der Waals surface area contributed by atoms with Gasteiger partial charge in [-0.3, -0.25) is 0 Å². The smallest absolute Gasteiger partial charge is 0.0807 e. The van der Waals surface area contributed by atoms with Gasteiger partial charge in [-0.15, -0.1) is 5.10 Å². The maximum atomic E-state index is 6.39. The van der Waals surface area contributed by atoms with Crippen molar-refractivity contribution in [1.29, 1.82) is 0 Å². The molecule has 1 unspecified atom stereocenters. The van der Waals surface area contributed by atoms with Crippen molar-refractivity contribution in [2.24, 2.45) is 5.73 Å². The first kappa shape index (κ1) is 13.2. The van der Waals surface area contributed by atoms with Crippen LogP contribution in [0.2, 0.25) is 0 Å². The van der Waals surface area contributed by atoms with Crippen molar-refractivity contribution in [1.82, 2.24) is 9.59 Å². The van der Waals surface area contributed by atoms with Gasteiger partial charge in [-0.2, -0.15) is 0 Å². The fraction of sp³-hybridized carbons (Fsp3) is 0.429. The van der Waals surface area contributed by atoms with Crippen molar-refractivity contribution in [3.05, 3.63) is 45.5 Å². The van der Waals surface area contributed by atoms with Gasteiger partial charge in [0.25, 0.3) is 0 Å². The predicted molar refractivity (Wildman–Crippen MR) is 75.9 cm³/mol. The summed E-state index contributed by atoms with van der Waals surface area (Å²) in [6, 6.07) is 6.30. The second-order valence-corrected chi connectivity index (χ2v) is 5.46. The van der Waals surface area contributed by atoms with Gasteiger partial charge in [0, 0.05) is 0 Å². The summed E-state index contributed by atoms with van der Waals surface area (Å²) < 4.78 is 4.05. The van der Waals surface area contributed by atoms with Crippen LogP contribution in [-0.4, -0.2) is 9.59 Å². The molecule has 0 saturated carbocycles. The summed E-state index contributed by atoms with van der Waals surface area (Å²) in [5, 5.41) is 4.19. The van der Waals surface area contributed by atoms with Crippen LogP contribution in [-0.2, 0) is 6.42 Å². The molecule has 0 spiro atoms. The maximum absolute atomic E-state index is 6.39. The monoisotopic (exact) mass is 261 g/mol. The molecule has 1 heterocycles. The highest BCUT2D eigenvalue weighted by Crippen LogP contribution is 2.28. The minimum Gasteiger partial charge on any atom is -0.319 e. The van der Waals surface area contributed by atoms with E-state index < -0.39 is 0 Å². The Balaban J connectivity index is 2.38. The maximum Gasteiger partial charge on any atom is 0.0807 e. The summed E-state index contributed by atoms with van der Waals surface area (Å²) in [7, 11) is 0. The Bertz CT molecular complexity index is 534. The molecule has 96 valence electrons. The number of benzene rings is 1. The summed E-state index contributed by atoms with van der Waals surface area (Å²) in [5.74, 6) is 0. The molecule has 0 fully saturated rings. The minimum absolute atomic E-state index is 0.105. The first-order valence-corrected chi connectivity index (χ1v) is 7.04. The van der Waals surface area contributed by atoms with Crippen molar-refractivity contribution >= 4 is 11.5 Å². The van der Waals surface area contributed by atoms with Crippen molar-refractivity contribution in [3.8, 4) is 0 Å². The van der Waals surface area contributed by atoms with Crippen molar-refractivity contribution in [2.75, 3.05) is 0 Å². The third kappa shape index (κ3) is 2.60. The van der Waals surface area contributed by atoms with Gasteiger partial charge in [0.1, 0.15) is 0 Å².